The fourth-order valence-corrected chi connectivity index (χ4v) is 8.20. The number of carbonyl (C=O) groups is 1. The Hall–Kier alpha value is -2.06. The number of nitrogens with zero attached hydrogens (tertiary/aromatic N) is 5. The molecule has 0 atom stereocenters. The third-order valence-corrected chi connectivity index (χ3v) is 9.90. The molecule has 0 saturated heterocycles. The standard InChI is InChI=1S/C22H31N7O2S2/c1-14-19(11-32-4-3-25-21(24-2)26-12-23)27-13-29(14)20(30)10-22(33-28-31)17-6-15-5-16(8-17)9-18(22)7-15/h13,15-18H,3-11H2,1-2H3,(H2,24,25,26). The van der Waals surface area contributed by atoms with Crippen molar-refractivity contribution in [3.8, 4) is 6.19 Å². The predicted octanol–water partition coefficient (Wildman–Crippen LogP) is 3.71. The van der Waals surface area contributed by atoms with Gasteiger partial charge in [-0.15, -0.1) is 4.91 Å². The van der Waals surface area contributed by atoms with Gasteiger partial charge in [-0.3, -0.25) is 19.7 Å². The zero-order valence-electron chi connectivity index (χ0n) is 19.1. The molecule has 0 unspecified atom stereocenters. The maximum absolute atomic E-state index is 13.4. The Bertz CT molecular complexity index is 927. The summed E-state index contributed by atoms with van der Waals surface area (Å²) in [6, 6.07) is 0. The second-order valence-corrected chi connectivity index (χ2v) is 11.6. The van der Waals surface area contributed by atoms with E-state index in [0.29, 0.717) is 36.5 Å². The zero-order valence-corrected chi connectivity index (χ0v) is 20.8. The molecule has 178 valence electrons. The number of rotatable bonds is 9. The van der Waals surface area contributed by atoms with E-state index >= 15 is 0 Å². The summed E-state index contributed by atoms with van der Waals surface area (Å²) in [6.07, 6.45) is 9.70. The lowest BCUT2D eigenvalue weighted by atomic mass is 9.50. The molecule has 11 heteroatoms. The number of aromatic nitrogens is 2. The smallest absolute Gasteiger partial charge is 0.233 e. The quantitative estimate of drug-likeness (QED) is 0.102. The van der Waals surface area contributed by atoms with Crippen molar-refractivity contribution in [1.82, 2.24) is 20.2 Å². The van der Waals surface area contributed by atoms with Crippen LogP contribution in [0.4, 0.5) is 0 Å². The Morgan fingerprint density at radius 2 is 2.00 bits per heavy atom. The maximum atomic E-state index is 13.4. The Morgan fingerprint density at radius 1 is 1.30 bits per heavy atom. The Balaban J connectivity index is 1.35. The summed E-state index contributed by atoms with van der Waals surface area (Å²) in [5.74, 6) is 4.35. The summed E-state index contributed by atoms with van der Waals surface area (Å²) in [7, 11) is 1.61. The Labute approximate surface area is 203 Å². The number of nitriles is 1. The minimum Gasteiger partial charge on any atom is -0.355 e. The van der Waals surface area contributed by atoms with Crippen molar-refractivity contribution in [3.05, 3.63) is 22.6 Å². The summed E-state index contributed by atoms with van der Waals surface area (Å²) >= 11 is 2.85. The predicted molar refractivity (Wildman–Crippen MR) is 132 cm³/mol. The van der Waals surface area contributed by atoms with Crippen molar-refractivity contribution >= 4 is 35.6 Å². The molecule has 0 spiro atoms. The van der Waals surface area contributed by atoms with Gasteiger partial charge in [0, 0.05) is 53.7 Å². The molecule has 2 N–H and O–H groups in total. The molecular formula is C22H31N7O2S2. The molecule has 4 aliphatic rings. The van der Waals surface area contributed by atoms with Gasteiger partial charge in [-0.25, -0.2) is 4.98 Å². The number of nitrogens with one attached hydrogen (secondary N) is 2. The highest BCUT2D eigenvalue weighted by Crippen LogP contribution is 2.64. The van der Waals surface area contributed by atoms with Crippen molar-refractivity contribution in [1.29, 1.82) is 5.26 Å². The highest BCUT2D eigenvalue weighted by Gasteiger charge is 2.59. The first-order chi connectivity index (χ1) is 16.0. The molecular weight excluding hydrogens is 458 g/mol. The van der Waals surface area contributed by atoms with Gasteiger partial charge < -0.3 is 5.32 Å². The molecule has 1 heterocycles. The molecule has 0 aliphatic heterocycles. The molecule has 9 nitrogen and oxygen atoms in total. The van der Waals surface area contributed by atoms with Gasteiger partial charge in [0.15, 0.2) is 6.19 Å². The van der Waals surface area contributed by atoms with E-state index in [9.17, 15) is 9.70 Å². The molecule has 5 rings (SSSR count). The maximum Gasteiger partial charge on any atom is 0.233 e. The van der Waals surface area contributed by atoms with Crippen molar-refractivity contribution in [2.24, 2.45) is 33.2 Å². The van der Waals surface area contributed by atoms with E-state index in [1.807, 2.05) is 13.1 Å². The molecule has 4 bridgehead atoms. The van der Waals surface area contributed by atoms with E-state index < -0.39 is 0 Å². The molecule has 0 aromatic carbocycles. The van der Waals surface area contributed by atoms with Crippen LogP contribution in [-0.2, 0) is 5.75 Å². The highest BCUT2D eigenvalue weighted by molar-refractivity contribution is 7.99. The topological polar surface area (TPSA) is 125 Å². The van der Waals surface area contributed by atoms with Crippen molar-refractivity contribution in [2.45, 2.75) is 55.9 Å². The molecule has 1 aromatic heterocycles. The van der Waals surface area contributed by atoms with Crippen molar-refractivity contribution in [3.63, 3.8) is 0 Å². The van der Waals surface area contributed by atoms with Crippen LogP contribution in [0.25, 0.3) is 0 Å². The number of carbonyl (C=O) groups excluding carboxylic acids is 1. The number of nitroso groups, excluding NO2 is 1. The monoisotopic (exact) mass is 489 g/mol. The van der Waals surface area contributed by atoms with Gasteiger partial charge in [0.05, 0.1) is 10.4 Å². The van der Waals surface area contributed by atoms with E-state index in [1.165, 1.54) is 6.42 Å². The number of hydrogen-bond donors (Lipinski definition) is 2. The van der Waals surface area contributed by atoms with E-state index in [-0.39, 0.29) is 10.7 Å². The SMILES string of the molecule is CN=C(NC#N)NCCSCc1ncn(C(=O)CC2(SN=O)C3CC4CC(C3)CC2C4)c1C. The molecule has 4 fully saturated rings. The van der Waals surface area contributed by atoms with Crippen molar-refractivity contribution in [2.75, 3.05) is 19.3 Å². The van der Waals surface area contributed by atoms with Gasteiger partial charge >= 0.3 is 0 Å². The minimum atomic E-state index is -0.348. The minimum absolute atomic E-state index is 0.0212. The molecule has 0 radical (unpaired) electrons. The van der Waals surface area contributed by atoms with Crippen LogP contribution >= 0.6 is 23.7 Å². The molecule has 4 aliphatic carbocycles. The zero-order chi connectivity index (χ0) is 23.4. The molecule has 0 amide bonds. The molecule has 4 saturated carbocycles. The van der Waals surface area contributed by atoms with Gasteiger partial charge in [-0.05, 0) is 62.7 Å². The number of hydrogen-bond acceptors (Lipinski definition) is 8. The summed E-state index contributed by atoms with van der Waals surface area (Å²) in [4.78, 5) is 33.3. The van der Waals surface area contributed by atoms with Crippen LogP contribution in [0.3, 0.4) is 0 Å². The fourth-order valence-electron chi connectivity index (χ4n) is 6.33. The number of aliphatic imine (C=N–C) groups is 1. The second-order valence-electron chi connectivity index (χ2n) is 9.43. The number of guanidine groups is 1. The fraction of sp³-hybridized carbons (Fsp3) is 0.727. The third kappa shape index (κ3) is 4.92. The van der Waals surface area contributed by atoms with Crippen LogP contribution in [0.1, 0.15) is 54.7 Å². The van der Waals surface area contributed by atoms with Crippen LogP contribution in [0, 0.1) is 47.0 Å². The van der Waals surface area contributed by atoms with Gasteiger partial charge in [0.25, 0.3) is 0 Å². The van der Waals surface area contributed by atoms with E-state index in [1.54, 1.807) is 29.7 Å². The van der Waals surface area contributed by atoms with Gasteiger partial charge in [-0.2, -0.15) is 17.0 Å². The second kappa shape index (κ2) is 10.5. The summed E-state index contributed by atoms with van der Waals surface area (Å²) in [5, 5.41) is 14.2. The first kappa shape index (κ1) is 24.1. The van der Waals surface area contributed by atoms with E-state index in [0.717, 1.165) is 66.6 Å². The van der Waals surface area contributed by atoms with Crippen LogP contribution in [0.15, 0.2) is 15.9 Å². The van der Waals surface area contributed by atoms with Crippen LogP contribution in [-0.4, -0.2) is 45.5 Å². The van der Waals surface area contributed by atoms with E-state index in [2.05, 4.69) is 25.2 Å². The van der Waals surface area contributed by atoms with Crippen LogP contribution in [0.5, 0.6) is 0 Å². The normalized spacial score (nSPS) is 30.2. The third-order valence-electron chi connectivity index (χ3n) is 7.71. The van der Waals surface area contributed by atoms with Gasteiger partial charge in [0.2, 0.25) is 11.9 Å². The van der Waals surface area contributed by atoms with Crippen LogP contribution < -0.4 is 10.6 Å². The summed E-state index contributed by atoms with van der Waals surface area (Å²) in [6.45, 7) is 2.60. The number of thioether (sulfide) groups is 1. The van der Waals surface area contributed by atoms with Gasteiger partial charge in [-0.1, -0.05) is 0 Å². The molecule has 1 aromatic rings. The Morgan fingerprint density at radius 3 is 2.61 bits per heavy atom. The van der Waals surface area contributed by atoms with E-state index in [4.69, 9.17) is 5.26 Å². The average molecular weight is 490 g/mol. The van der Waals surface area contributed by atoms with Crippen LogP contribution in [0.2, 0.25) is 0 Å². The molecule has 33 heavy (non-hydrogen) atoms. The Kier molecular flexibility index (Phi) is 7.64. The number of imidazole rings is 1. The highest BCUT2D eigenvalue weighted by atomic mass is 32.2. The first-order valence-corrected chi connectivity index (χ1v) is 13.4. The van der Waals surface area contributed by atoms with Gasteiger partial charge in [0.1, 0.15) is 6.33 Å². The summed E-state index contributed by atoms with van der Waals surface area (Å²) < 4.78 is 4.59. The average Bonchev–Trinajstić information content (AvgIpc) is 3.16. The summed E-state index contributed by atoms with van der Waals surface area (Å²) in [5.41, 5.74) is 1.76. The lowest BCUT2D eigenvalue weighted by Gasteiger charge is -2.59. The first-order valence-electron chi connectivity index (χ1n) is 11.5. The lowest BCUT2D eigenvalue weighted by Crippen LogP contribution is -2.56. The lowest BCUT2D eigenvalue weighted by molar-refractivity contribution is -0.0185. The van der Waals surface area contributed by atoms with Crippen molar-refractivity contribution < 1.29 is 4.79 Å². The largest absolute Gasteiger partial charge is 0.355 e.